The minimum Gasteiger partial charge on any atom is -0.487 e. The number of hydrogen-bond acceptors (Lipinski definition) is 3. The number of aliphatic carboxylic acids is 1. The van der Waals surface area contributed by atoms with E-state index in [0.717, 1.165) is 17.7 Å². The summed E-state index contributed by atoms with van der Waals surface area (Å²) in [6.07, 6.45) is -0.0748. The van der Waals surface area contributed by atoms with Crippen LogP contribution in [0, 0.1) is 0 Å². The topological polar surface area (TPSA) is 55.8 Å². The molecule has 0 saturated heterocycles. The molecule has 0 bridgehead atoms. The quantitative estimate of drug-likeness (QED) is 0.838. The average Bonchev–Trinajstić information content (AvgIpc) is 2.68. The van der Waals surface area contributed by atoms with E-state index < -0.39 is 12.1 Å². The molecule has 4 heteroatoms. The third-order valence-corrected chi connectivity index (χ3v) is 2.59. The Morgan fingerprint density at radius 3 is 3.06 bits per heavy atom. The number of para-hydroxylation sites is 1. The smallest absolute Gasteiger partial charge is 0.332 e. The first-order valence-electron chi connectivity index (χ1n) is 5.26. The second-order valence-electron chi connectivity index (χ2n) is 3.87. The fourth-order valence-corrected chi connectivity index (χ4v) is 1.67. The number of benzene rings is 1. The molecule has 4 nitrogen and oxygen atoms in total. The third kappa shape index (κ3) is 2.33. The molecule has 0 spiro atoms. The summed E-state index contributed by atoms with van der Waals surface area (Å²) < 4.78 is 10.8. The molecule has 2 rings (SSSR count). The maximum Gasteiger partial charge on any atom is 0.332 e. The van der Waals surface area contributed by atoms with E-state index in [9.17, 15) is 4.79 Å². The van der Waals surface area contributed by atoms with Crippen LogP contribution < -0.4 is 4.74 Å². The lowest BCUT2D eigenvalue weighted by Crippen LogP contribution is -2.27. The van der Waals surface area contributed by atoms with Crippen LogP contribution in [0.5, 0.6) is 5.75 Å². The van der Waals surface area contributed by atoms with E-state index in [0.29, 0.717) is 6.61 Å². The van der Waals surface area contributed by atoms with Crippen molar-refractivity contribution in [3.63, 3.8) is 0 Å². The Kier molecular flexibility index (Phi) is 3.10. The molecular weight excluding hydrogens is 208 g/mol. The van der Waals surface area contributed by atoms with Crippen molar-refractivity contribution >= 4 is 5.97 Å². The second kappa shape index (κ2) is 4.53. The average molecular weight is 222 g/mol. The number of carbonyl (C=O) groups is 1. The lowest BCUT2D eigenvalue weighted by atomic mass is 10.1. The molecule has 1 aliphatic rings. The van der Waals surface area contributed by atoms with Gasteiger partial charge in [0.25, 0.3) is 0 Å². The van der Waals surface area contributed by atoms with Crippen molar-refractivity contribution in [1.29, 1.82) is 0 Å². The van der Waals surface area contributed by atoms with E-state index in [1.807, 2.05) is 24.3 Å². The Bertz CT molecular complexity index is 363. The first kappa shape index (κ1) is 11.0. The van der Waals surface area contributed by atoms with Crippen molar-refractivity contribution in [2.24, 2.45) is 0 Å². The minimum atomic E-state index is -0.949. The van der Waals surface area contributed by atoms with Gasteiger partial charge < -0.3 is 14.6 Å². The summed E-state index contributed by atoms with van der Waals surface area (Å²) >= 11 is 0. The van der Waals surface area contributed by atoms with Crippen molar-refractivity contribution in [3.8, 4) is 5.75 Å². The molecule has 0 radical (unpaired) electrons. The lowest BCUT2D eigenvalue weighted by Gasteiger charge is -2.13. The highest BCUT2D eigenvalue weighted by atomic mass is 16.6. The summed E-state index contributed by atoms with van der Waals surface area (Å²) in [5.74, 6) is -0.0745. The summed E-state index contributed by atoms with van der Waals surface area (Å²) in [7, 11) is 0. The van der Waals surface area contributed by atoms with Crippen molar-refractivity contribution in [3.05, 3.63) is 29.8 Å². The van der Waals surface area contributed by atoms with Crippen LogP contribution in [0.1, 0.15) is 12.5 Å². The number of fused-ring (bicyclic) bond motifs is 1. The van der Waals surface area contributed by atoms with Gasteiger partial charge in [-0.05, 0) is 18.6 Å². The molecule has 1 heterocycles. The van der Waals surface area contributed by atoms with Crippen molar-refractivity contribution in [1.82, 2.24) is 0 Å². The molecule has 1 aromatic rings. The molecule has 0 amide bonds. The van der Waals surface area contributed by atoms with Crippen LogP contribution in [0.25, 0.3) is 0 Å². The second-order valence-corrected chi connectivity index (χ2v) is 3.87. The van der Waals surface area contributed by atoms with E-state index in [1.54, 1.807) is 0 Å². The van der Waals surface area contributed by atoms with Gasteiger partial charge in [-0.1, -0.05) is 18.2 Å². The van der Waals surface area contributed by atoms with Crippen molar-refractivity contribution in [2.75, 3.05) is 6.61 Å². The highest BCUT2D eigenvalue weighted by Gasteiger charge is 2.24. The molecule has 0 fully saturated rings. The number of ether oxygens (including phenoxy) is 2. The third-order valence-electron chi connectivity index (χ3n) is 2.59. The van der Waals surface area contributed by atoms with E-state index >= 15 is 0 Å². The van der Waals surface area contributed by atoms with Gasteiger partial charge >= 0.3 is 5.97 Å². The highest BCUT2D eigenvalue weighted by Crippen LogP contribution is 2.28. The largest absolute Gasteiger partial charge is 0.487 e. The van der Waals surface area contributed by atoms with Gasteiger partial charge in [-0.3, -0.25) is 0 Å². The van der Waals surface area contributed by atoms with Gasteiger partial charge in [0.1, 0.15) is 11.9 Å². The van der Waals surface area contributed by atoms with Crippen LogP contribution in [0.2, 0.25) is 0 Å². The van der Waals surface area contributed by atoms with Crippen LogP contribution in [0.15, 0.2) is 24.3 Å². The molecule has 0 saturated carbocycles. The van der Waals surface area contributed by atoms with Gasteiger partial charge in [-0.2, -0.15) is 0 Å². The molecule has 2 atom stereocenters. The normalized spacial score (nSPS) is 19.9. The van der Waals surface area contributed by atoms with Crippen molar-refractivity contribution in [2.45, 2.75) is 25.6 Å². The highest BCUT2D eigenvalue weighted by molar-refractivity contribution is 5.71. The van der Waals surface area contributed by atoms with Gasteiger partial charge in [-0.15, -0.1) is 0 Å². The Balaban J connectivity index is 1.86. The summed E-state index contributed by atoms with van der Waals surface area (Å²) in [5, 5.41) is 8.66. The van der Waals surface area contributed by atoms with Crippen LogP contribution in [0.4, 0.5) is 0 Å². The van der Waals surface area contributed by atoms with E-state index in [-0.39, 0.29) is 6.10 Å². The number of carboxylic acids is 1. The Morgan fingerprint density at radius 1 is 1.62 bits per heavy atom. The molecule has 0 aromatic heterocycles. The summed E-state index contributed by atoms with van der Waals surface area (Å²) in [6.45, 7) is 1.83. The Hall–Kier alpha value is -1.55. The van der Waals surface area contributed by atoms with Gasteiger partial charge in [0.15, 0.2) is 6.10 Å². The fourth-order valence-electron chi connectivity index (χ4n) is 1.67. The standard InChI is InChI=1S/C12H14O4/c1-8(12(13)14)15-7-10-6-9-4-2-3-5-11(9)16-10/h2-5,8,10H,6-7H2,1H3,(H,13,14)/t8-,10?/m1/s1. The molecule has 16 heavy (non-hydrogen) atoms. The molecule has 1 unspecified atom stereocenters. The Morgan fingerprint density at radius 2 is 2.38 bits per heavy atom. The van der Waals surface area contributed by atoms with Gasteiger partial charge in [0.05, 0.1) is 6.61 Å². The lowest BCUT2D eigenvalue weighted by molar-refractivity contribution is -0.150. The summed E-state index contributed by atoms with van der Waals surface area (Å²) in [4.78, 5) is 10.6. The maximum absolute atomic E-state index is 10.6. The molecule has 86 valence electrons. The zero-order valence-corrected chi connectivity index (χ0v) is 9.05. The zero-order valence-electron chi connectivity index (χ0n) is 9.05. The monoisotopic (exact) mass is 222 g/mol. The van der Waals surface area contributed by atoms with Crippen LogP contribution >= 0.6 is 0 Å². The van der Waals surface area contributed by atoms with Crippen LogP contribution in [-0.2, 0) is 16.0 Å². The van der Waals surface area contributed by atoms with Gasteiger partial charge in [-0.25, -0.2) is 4.79 Å². The fraction of sp³-hybridized carbons (Fsp3) is 0.417. The molecule has 0 aliphatic carbocycles. The van der Waals surface area contributed by atoms with Gasteiger partial charge in [0, 0.05) is 6.42 Å². The van der Waals surface area contributed by atoms with E-state index in [1.165, 1.54) is 6.92 Å². The van der Waals surface area contributed by atoms with Gasteiger partial charge in [0.2, 0.25) is 0 Å². The summed E-state index contributed by atoms with van der Waals surface area (Å²) in [6, 6.07) is 7.80. The molecular formula is C12H14O4. The predicted octanol–water partition coefficient (Wildman–Crippen LogP) is 1.48. The molecule has 1 N–H and O–H groups in total. The van der Waals surface area contributed by atoms with Crippen molar-refractivity contribution < 1.29 is 19.4 Å². The number of hydrogen-bond donors (Lipinski definition) is 1. The zero-order chi connectivity index (χ0) is 11.5. The molecule has 1 aliphatic heterocycles. The Labute approximate surface area is 93.8 Å². The number of rotatable bonds is 4. The first-order valence-corrected chi connectivity index (χ1v) is 5.26. The van der Waals surface area contributed by atoms with E-state index in [2.05, 4.69) is 0 Å². The number of carboxylic acid groups (broad SMARTS) is 1. The molecule has 1 aromatic carbocycles. The summed E-state index contributed by atoms with van der Waals surface area (Å²) in [5.41, 5.74) is 1.15. The van der Waals surface area contributed by atoms with E-state index in [4.69, 9.17) is 14.6 Å². The maximum atomic E-state index is 10.6. The minimum absolute atomic E-state index is 0.0702. The van der Waals surface area contributed by atoms with Crippen LogP contribution in [0.3, 0.4) is 0 Å². The SMILES string of the molecule is C[C@@H](OCC1Cc2ccccc2O1)C(=O)O. The first-order chi connectivity index (χ1) is 7.66. The predicted molar refractivity (Wildman–Crippen MR) is 57.6 cm³/mol. The van der Waals surface area contributed by atoms with Crippen LogP contribution in [-0.4, -0.2) is 29.9 Å².